The van der Waals surface area contributed by atoms with Crippen molar-refractivity contribution in [2.24, 2.45) is 7.05 Å². The molecule has 0 saturated carbocycles. The third-order valence-corrected chi connectivity index (χ3v) is 4.50. The summed E-state index contributed by atoms with van der Waals surface area (Å²) in [6.45, 7) is 3.85. The minimum Gasteiger partial charge on any atom is -0.346 e. The van der Waals surface area contributed by atoms with Crippen molar-refractivity contribution in [3.05, 3.63) is 56.7 Å². The van der Waals surface area contributed by atoms with Gasteiger partial charge in [-0.25, -0.2) is 4.98 Å². The quantitative estimate of drug-likeness (QED) is 0.755. The van der Waals surface area contributed by atoms with Gasteiger partial charge in [0.25, 0.3) is 11.5 Å². The van der Waals surface area contributed by atoms with Gasteiger partial charge >= 0.3 is 0 Å². The van der Waals surface area contributed by atoms with Gasteiger partial charge in [0.05, 0.1) is 6.20 Å². The van der Waals surface area contributed by atoms with Crippen LogP contribution in [0.3, 0.4) is 0 Å². The molecular weight excluding hydrogens is 326 g/mol. The smallest absolute Gasteiger partial charge is 0.271 e. The zero-order chi connectivity index (χ0) is 17.3. The number of hydrogen-bond acceptors (Lipinski definition) is 5. The van der Waals surface area contributed by atoms with Gasteiger partial charge in [-0.3, -0.25) is 14.3 Å². The van der Waals surface area contributed by atoms with Crippen LogP contribution in [0.2, 0.25) is 0 Å². The molecule has 0 unspecified atom stereocenters. The third kappa shape index (κ3) is 3.28. The number of carbonyl (C=O) groups excluding carboxylic acids is 1. The maximum absolute atomic E-state index is 12.3. The SMILES string of the molecule is Cc1cc(C)c(CNC(=O)c2csc(-c3cnn(C)c3)n2)c(=O)[nH]1. The van der Waals surface area contributed by atoms with Crippen molar-refractivity contribution >= 4 is 17.2 Å². The number of pyridine rings is 1. The minimum atomic E-state index is -0.305. The van der Waals surface area contributed by atoms with E-state index >= 15 is 0 Å². The Morgan fingerprint density at radius 1 is 1.42 bits per heavy atom. The monoisotopic (exact) mass is 343 g/mol. The van der Waals surface area contributed by atoms with Gasteiger partial charge in [0.15, 0.2) is 0 Å². The summed E-state index contributed by atoms with van der Waals surface area (Å²) < 4.78 is 1.68. The third-order valence-electron chi connectivity index (χ3n) is 3.61. The van der Waals surface area contributed by atoms with Crippen molar-refractivity contribution in [1.82, 2.24) is 25.1 Å². The highest BCUT2D eigenvalue weighted by atomic mass is 32.1. The molecule has 3 rings (SSSR count). The number of carbonyl (C=O) groups is 1. The van der Waals surface area contributed by atoms with Crippen molar-refractivity contribution in [3.8, 4) is 10.6 Å². The van der Waals surface area contributed by atoms with Crippen LogP contribution in [0.4, 0.5) is 0 Å². The first-order chi connectivity index (χ1) is 11.4. The van der Waals surface area contributed by atoms with Crippen LogP contribution in [0.25, 0.3) is 10.6 Å². The molecule has 1 amide bonds. The number of hydrogen-bond donors (Lipinski definition) is 2. The van der Waals surface area contributed by atoms with Gasteiger partial charge in [-0.05, 0) is 25.5 Å². The molecule has 3 heterocycles. The van der Waals surface area contributed by atoms with Crippen LogP contribution in [0.1, 0.15) is 27.3 Å². The second kappa shape index (κ2) is 6.40. The molecule has 0 aliphatic carbocycles. The number of rotatable bonds is 4. The van der Waals surface area contributed by atoms with E-state index in [0.29, 0.717) is 11.3 Å². The van der Waals surface area contributed by atoms with Gasteiger partial charge in [0.1, 0.15) is 10.7 Å². The van der Waals surface area contributed by atoms with E-state index in [1.807, 2.05) is 33.2 Å². The fraction of sp³-hybridized carbons (Fsp3) is 0.250. The lowest BCUT2D eigenvalue weighted by Crippen LogP contribution is -2.28. The normalized spacial score (nSPS) is 10.8. The Morgan fingerprint density at radius 2 is 2.21 bits per heavy atom. The summed E-state index contributed by atoms with van der Waals surface area (Å²) in [5.74, 6) is -0.305. The lowest BCUT2D eigenvalue weighted by molar-refractivity contribution is 0.0946. The molecule has 0 bridgehead atoms. The number of thiazole rings is 1. The number of amides is 1. The summed E-state index contributed by atoms with van der Waals surface area (Å²) in [6.07, 6.45) is 3.55. The van der Waals surface area contributed by atoms with Crippen molar-refractivity contribution in [3.63, 3.8) is 0 Å². The molecular formula is C16H17N5O2S. The highest BCUT2D eigenvalue weighted by molar-refractivity contribution is 7.13. The lowest BCUT2D eigenvalue weighted by Gasteiger charge is -2.07. The molecule has 0 atom stereocenters. The summed E-state index contributed by atoms with van der Waals surface area (Å²) in [4.78, 5) is 31.3. The van der Waals surface area contributed by atoms with Crippen LogP contribution >= 0.6 is 11.3 Å². The number of nitrogens with zero attached hydrogens (tertiary/aromatic N) is 3. The Labute approximate surface area is 142 Å². The predicted molar refractivity (Wildman–Crippen MR) is 92.0 cm³/mol. The van der Waals surface area contributed by atoms with Gasteiger partial charge in [-0.15, -0.1) is 11.3 Å². The van der Waals surface area contributed by atoms with Crippen LogP contribution in [0.5, 0.6) is 0 Å². The fourth-order valence-corrected chi connectivity index (χ4v) is 3.18. The molecule has 0 saturated heterocycles. The number of aromatic amines is 1. The Kier molecular flexibility index (Phi) is 4.30. The Balaban J connectivity index is 1.72. The van der Waals surface area contributed by atoms with E-state index in [0.717, 1.165) is 21.8 Å². The standard InChI is InChI=1S/C16H17N5O2S/c1-9-4-10(2)19-14(22)12(9)6-17-15(23)13-8-24-16(20-13)11-5-18-21(3)7-11/h4-5,7-8H,6H2,1-3H3,(H,17,23)(H,19,22). The average molecular weight is 343 g/mol. The van der Waals surface area contributed by atoms with Crippen molar-refractivity contribution in [2.45, 2.75) is 20.4 Å². The molecule has 8 heteroatoms. The topological polar surface area (TPSA) is 92.7 Å². The van der Waals surface area contributed by atoms with Gasteiger partial charge in [0, 0.05) is 42.0 Å². The lowest BCUT2D eigenvalue weighted by atomic mass is 10.1. The number of aryl methyl sites for hydroxylation is 3. The van der Waals surface area contributed by atoms with E-state index in [2.05, 4.69) is 20.4 Å². The van der Waals surface area contributed by atoms with Crippen LogP contribution in [0, 0.1) is 13.8 Å². The van der Waals surface area contributed by atoms with Gasteiger partial charge in [0.2, 0.25) is 0 Å². The molecule has 0 aliphatic rings. The molecule has 0 aliphatic heterocycles. The van der Waals surface area contributed by atoms with E-state index in [1.54, 1.807) is 16.3 Å². The highest BCUT2D eigenvalue weighted by Crippen LogP contribution is 2.22. The van der Waals surface area contributed by atoms with Crippen molar-refractivity contribution < 1.29 is 4.79 Å². The van der Waals surface area contributed by atoms with E-state index in [-0.39, 0.29) is 18.0 Å². The van der Waals surface area contributed by atoms with E-state index < -0.39 is 0 Å². The Hall–Kier alpha value is -2.74. The van der Waals surface area contributed by atoms with E-state index in [4.69, 9.17) is 0 Å². The molecule has 2 N–H and O–H groups in total. The molecule has 24 heavy (non-hydrogen) atoms. The minimum absolute atomic E-state index is 0.167. The first-order valence-corrected chi connectivity index (χ1v) is 8.24. The summed E-state index contributed by atoms with van der Waals surface area (Å²) in [6, 6.07) is 1.88. The van der Waals surface area contributed by atoms with Gasteiger partial charge in [-0.1, -0.05) is 0 Å². The van der Waals surface area contributed by atoms with Crippen LogP contribution in [-0.2, 0) is 13.6 Å². The number of nitrogens with one attached hydrogen (secondary N) is 2. The Morgan fingerprint density at radius 3 is 2.88 bits per heavy atom. The molecule has 7 nitrogen and oxygen atoms in total. The van der Waals surface area contributed by atoms with Gasteiger partial charge in [-0.2, -0.15) is 5.10 Å². The fourth-order valence-electron chi connectivity index (χ4n) is 2.40. The van der Waals surface area contributed by atoms with Crippen LogP contribution < -0.4 is 10.9 Å². The maximum Gasteiger partial charge on any atom is 0.271 e. The molecule has 0 aromatic carbocycles. The predicted octanol–water partition coefficient (Wildman–Crippen LogP) is 1.78. The number of aromatic nitrogens is 4. The first-order valence-electron chi connectivity index (χ1n) is 7.36. The van der Waals surface area contributed by atoms with Crippen molar-refractivity contribution in [2.75, 3.05) is 0 Å². The molecule has 0 radical (unpaired) electrons. The molecule has 0 spiro atoms. The zero-order valence-corrected chi connectivity index (χ0v) is 14.4. The van der Waals surface area contributed by atoms with Crippen LogP contribution in [-0.4, -0.2) is 25.7 Å². The second-order valence-corrected chi connectivity index (χ2v) is 6.42. The highest BCUT2D eigenvalue weighted by Gasteiger charge is 2.14. The summed E-state index contributed by atoms with van der Waals surface area (Å²) >= 11 is 1.38. The molecule has 3 aromatic rings. The molecule has 124 valence electrons. The Bertz CT molecular complexity index is 954. The summed E-state index contributed by atoms with van der Waals surface area (Å²) in [5.41, 5.74) is 3.23. The number of H-pyrrole nitrogens is 1. The van der Waals surface area contributed by atoms with Crippen LogP contribution in [0.15, 0.2) is 28.6 Å². The largest absolute Gasteiger partial charge is 0.346 e. The zero-order valence-electron chi connectivity index (χ0n) is 13.6. The molecule has 3 aromatic heterocycles. The van der Waals surface area contributed by atoms with E-state index in [1.165, 1.54) is 11.3 Å². The average Bonchev–Trinajstić information content (AvgIpc) is 3.14. The second-order valence-electron chi connectivity index (χ2n) is 5.57. The van der Waals surface area contributed by atoms with E-state index in [9.17, 15) is 9.59 Å². The van der Waals surface area contributed by atoms with Gasteiger partial charge < -0.3 is 10.3 Å². The summed E-state index contributed by atoms with van der Waals surface area (Å²) in [5, 5.41) is 9.28. The molecule has 0 fully saturated rings. The maximum atomic E-state index is 12.3. The van der Waals surface area contributed by atoms with Crippen molar-refractivity contribution in [1.29, 1.82) is 0 Å². The first kappa shape index (κ1) is 16.1. The summed E-state index contributed by atoms with van der Waals surface area (Å²) in [7, 11) is 1.83.